The molecular weight excluding hydrogens is 288 g/mol. The van der Waals surface area contributed by atoms with Crippen LogP contribution in [-0.4, -0.2) is 30.2 Å². The highest BCUT2D eigenvalue weighted by molar-refractivity contribution is 7.13. The first kappa shape index (κ1) is 14.0. The largest absolute Gasteiger partial charge is 0.491 e. The van der Waals surface area contributed by atoms with E-state index in [9.17, 15) is 4.79 Å². The minimum Gasteiger partial charge on any atom is -0.491 e. The standard InChI is InChI=1S/C15H16N2O3S/c18-14(17-15-16-7-9-21-15)11-3-5-12(6-4-11)20-10-13-2-1-8-19-13/h3-7,9,13H,1-2,8,10H2,(H,16,17,18). The number of anilines is 1. The number of hydrogen-bond donors (Lipinski definition) is 1. The summed E-state index contributed by atoms with van der Waals surface area (Å²) in [5.74, 6) is 0.576. The number of aromatic nitrogens is 1. The number of carbonyl (C=O) groups is 1. The zero-order valence-corrected chi connectivity index (χ0v) is 12.3. The van der Waals surface area contributed by atoms with E-state index in [0.717, 1.165) is 25.2 Å². The van der Waals surface area contributed by atoms with Crippen LogP contribution in [0.2, 0.25) is 0 Å². The minimum atomic E-state index is -0.171. The number of thiazole rings is 1. The first-order chi connectivity index (χ1) is 10.3. The molecule has 5 nitrogen and oxygen atoms in total. The third-order valence-corrected chi connectivity index (χ3v) is 3.92. The molecule has 1 atom stereocenters. The van der Waals surface area contributed by atoms with E-state index in [1.807, 2.05) is 5.38 Å². The maximum absolute atomic E-state index is 12.0. The van der Waals surface area contributed by atoms with E-state index in [1.165, 1.54) is 11.3 Å². The Balaban J connectivity index is 1.54. The van der Waals surface area contributed by atoms with Gasteiger partial charge in [0.05, 0.1) is 6.10 Å². The molecule has 1 amide bonds. The molecule has 21 heavy (non-hydrogen) atoms. The highest BCUT2D eigenvalue weighted by Crippen LogP contribution is 2.18. The van der Waals surface area contributed by atoms with Gasteiger partial charge in [-0.05, 0) is 37.1 Å². The van der Waals surface area contributed by atoms with E-state index in [2.05, 4.69) is 10.3 Å². The monoisotopic (exact) mass is 304 g/mol. The topological polar surface area (TPSA) is 60.5 Å². The van der Waals surface area contributed by atoms with E-state index < -0.39 is 0 Å². The number of nitrogens with zero attached hydrogens (tertiary/aromatic N) is 1. The van der Waals surface area contributed by atoms with Gasteiger partial charge in [0, 0.05) is 23.7 Å². The van der Waals surface area contributed by atoms with Gasteiger partial charge < -0.3 is 9.47 Å². The zero-order chi connectivity index (χ0) is 14.5. The average molecular weight is 304 g/mol. The molecule has 1 aromatic carbocycles. The predicted molar refractivity (Wildman–Crippen MR) is 81.0 cm³/mol. The molecule has 6 heteroatoms. The van der Waals surface area contributed by atoms with Crippen molar-refractivity contribution in [1.29, 1.82) is 0 Å². The lowest BCUT2D eigenvalue weighted by molar-refractivity contribution is 0.0679. The van der Waals surface area contributed by atoms with Gasteiger partial charge in [-0.2, -0.15) is 0 Å². The molecule has 0 spiro atoms. The summed E-state index contributed by atoms with van der Waals surface area (Å²) in [4.78, 5) is 16.0. The molecule has 0 bridgehead atoms. The van der Waals surface area contributed by atoms with Gasteiger partial charge in [0.1, 0.15) is 12.4 Å². The van der Waals surface area contributed by atoms with Gasteiger partial charge in [-0.3, -0.25) is 10.1 Å². The lowest BCUT2D eigenvalue weighted by Crippen LogP contribution is -2.16. The van der Waals surface area contributed by atoms with Crippen LogP contribution in [0.15, 0.2) is 35.8 Å². The average Bonchev–Trinajstić information content (AvgIpc) is 3.19. The Morgan fingerprint density at radius 1 is 1.43 bits per heavy atom. The second kappa shape index (κ2) is 6.69. The van der Waals surface area contributed by atoms with Gasteiger partial charge in [0.15, 0.2) is 5.13 Å². The Kier molecular flexibility index (Phi) is 4.47. The van der Waals surface area contributed by atoms with Crippen molar-refractivity contribution in [2.75, 3.05) is 18.5 Å². The minimum absolute atomic E-state index is 0.171. The van der Waals surface area contributed by atoms with E-state index in [0.29, 0.717) is 17.3 Å². The fourth-order valence-electron chi connectivity index (χ4n) is 2.12. The van der Waals surface area contributed by atoms with E-state index >= 15 is 0 Å². The highest BCUT2D eigenvalue weighted by Gasteiger charge is 2.16. The maximum atomic E-state index is 12.0. The molecule has 0 aliphatic carbocycles. The van der Waals surface area contributed by atoms with Crippen LogP contribution in [0.4, 0.5) is 5.13 Å². The summed E-state index contributed by atoms with van der Waals surface area (Å²) in [7, 11) is 0. The van der Waals surface area contributed by atoms with Crippen molar-refractivity contribution in [2.45, 2.75) is 18.9 Å². The van der Waals surface area contributed by atoms with Crippen molar-refractivity contribution >= 4 is 22.4 Å². The van der Waals surface area contributed by atoms with Crippen LogP contribution in [0.3, 0.4) is 0 Å². The molecule has 1 aromatic heterocycles. The molecule has 1 aliphatic heterocycles. The number of amides is 1. The smallest absolute Gasteiger partial charge is 0.257 e. The second-order valence-electron chi connectivity index (χ2n) is 4.76. The third kappa shape index (κ3) is 3.80. The summed E-state index contributed by atoms with van der Waals surface area (Å²) in [6, 6.07) is 7.08. The Morgan fingerprint density at radius 2 is 2.29 bits per heavy atom. The Morgan fingerprint density at radius 3 is 2.95 bits per heavy atom. The van der Waals surface area contributed by atoms with Crippen LogP contribution >= 0.6 is 11.3 Å². The first-order valence-electron chi connectivity index (χ1n) is 6.86. The molecule has 3 rings (SSSR count). The highest BCUT2D eigenvalue weighted by atomic mass is 32.1. The van der Waals surface area contributed by atoms with Gasteiger partial charge in [-0.1, -0.05) is 0 Å². The number of hydrogen-bond acceptors (Lipinski definition) is 5. The summed E-state index contributed by atoms with van der Waals surface area (Å²) < 4.78 is 11.2. The molecule has 1 N–H and O–H groups in total. The Hall–Kier alpha value is -1.92. The van der Waals surface area contributed by atoms with Crippen molar-refractivity contribution in [2.24, 2.45) is 0 Å². The van der Waals surface area contributed by atoms with Gasteiger partial charge in [0.25, 0.3) is 5.91 Å². The van der Waals surface area contributed by atoms with Crippen LogP contribution in [-0.2, 0) is 4.74 Å². The number of carbonyl (C=O) groups excluding carboxylic acids is 1. The van der Waals surface area contributed by atoms with Crippen molar-refractivity contribution < 1.29 is 14.3 Å². The first-order valence-corrected chi connectivity index (χ1v) is 7.74. The van der Waals surface area contributed by atoms with Crippen LogP contribution in [0.1, 0.15) is 23.2 Å². The molecule has 1 aliphatic rings. The maximum Gasteiger partial charge on any atom is 0.257 e. The van der Waals surface area contributed by atoms with Crippen molar-refractivity contribution in [1.82, 2.24) is 4.98 Å². The van der Waals surface area contributed by atoms with Crippen LogP contribution < -0.4 is 10.1 Å². The van der Waals surface area contributed by atoms with Gasteiger partial charge in [-0.15, -0.1) is 11.3 Å². The Bertz CT molecular complexity index is 577. The van der Waals surface area contributed by atoms with Gasteiger partial charge in [0.2, 0.25) is 0 Å². The van der Waals surface area contributed by atoms with E-state index in [1.54, 1.807) is 30.5 Å². The number of benzene rings is 1. The van der Waals surface area contributed by atoms with E-state index in [4.69, 9.17) is 9.47 Å². The predicted octanol–water partition coefficient (Wildman–Crippen LogP) is 2.95. The quantitative estimate of drug-likeness (QED) is 0.922. The summed E-state index contributed by atoms with van der Waals surface area (Å²) in [5.41, 5.74) is 0.578. The van der Waals surface area contributed by atoms with Crippen LogP contribution in [0, 0.1) is 0 Å². The summed E-state index contributed by atoms with van der Waals surface area (Å²) in [5, 5.41) is 5.16. The number of rotatable bonds is 5. The molecule has 1 fully saturated rings. The number of nitrogens with one attached hydrogen (secondary N) is 1. The SMILES string of the molecule is O=C(Nc1nccs1)c1ccc(OCC2CCCO2)cc1. The summed E-state index contributed by atoms with van der Waals surface area (Å²) >= 11 is 1.39. The van der Waals surface area contributed by atoms with Crippen LogP contribution in [0.5, 0.6) is 5.75 Å². The van der Waals surface area contributed by atoms with Crippen molar-refractivity contribution in [3.63, 3.8) is 0 Å². The molecular formula is C15H16N2O3S. The summed E-state index contributed by atoms with van der Waals surface area (Å²) in [6.07, 6.45) is 4.00. The fraction of sp³-hybridized carbons (Fsp3) is 0.333. The lowest BCUT2D eigenvalue weighted by Gasteiger charge is -2.11. The molecule has 0 saturated carbocycles. The fourth-order valence-corrected chi connectivity index (χ4v) is 2.65. The van der Waals surface area contributed by atoms with E-state index in [-0.39, 0.29) is 12.0 Å². The van der Waals surface area contributed by atoms with Gasteiger partial charge in [-0.25, -0.2) is 4.98 Å². The molecule has 0 radical (unpaired) electrons. The molecule has 1 unspecified atom stereocenters. The van der Waals surface area contributed by atoms with Crippen LogP contribution in [0.25, 0.3) is 0 Å². The Labute approximate surface area is 126 Å². The van der Waals surface area contributed by atoms with Gasteiger partial charge >= 0.3 is 0 Å². The van der Waals surface area contributed by atoms with Crippen molar-refractivity contribution in [3.8, 4) is 5.75 Å². The zero-order valence-electron chi connectivity index (χ0n) is 11.5. The molecule has 110 valence electrons. The molecule has 2 aromatic rings. The summed E-state index contributed by atoms with van der Waals surface area (Å²) in [6.45, 7) is 1.38. The molecule has 2 heterocycles. The molecule has 1 saturated heterocycles. The number of ether oxygens (including phenoxy) is 2. The third-order valence-electron chi connectivity index (χ3n) is 3.23. The lowest BCUT2D eigenvalue weighted by atomic mass is 10.2. The second-order valence-corrected chi connectivity index (χ2v) is 5.66. The normalized spacial score (nSPS) is 17.6. The van der Waals surface area contributed by atoms with Crippen molar-refractivity contribution in [3.05, 3.63) is 41.4 Å².